The molecule has 4 rings (SSSR count). The fraction of sp³-hybridized carbons (Fsp3) is 0.579. The standard InChI is InChI=1S/C19H26N6O2.ClH/c1-3-27-17-5-4-16(22-23-17)25-14(2)15(12-21-25)18(26)24-10-7-19(8-11-24)6-9-20-13-19;/h4-5,12,20H,3,6-11,13H2,1-2H3;1H. The molecule has 2 aromatic rings. The number of halogens is 1. The van der Waals surface area contributed by atoms with Gasteiger partial charge in [0.1, 0.15) is 0 Å². The van der Waals surface area contributed by atoms with E-state index in [0.29, 0.717) is 29.3 Å². The van der Waals surface area contributed by atoms with Crippen LogP contribution in [-0.2, 0) is 0 Å². The van der Waals surface area contributed by atoms with E-state index in [1.807, 2.05) is 18.7 Å². The number of carbonyl (C=O) groups excluding carboxylic acids is 1. The molecular formula is C19H27ClN6O2. The molecular weight excluding hydrogens is 380 g/mol. The highest BCUT2D eigenvalue weighted by molar-refractivity contribution is 5.95. The predicted molar refractivity (Wildman–Crippen MR) is 107 cm³/mol. The Morgan fingerprint density at radius 1 is 1.25 bits per heavy atom. The summed E-state index contributed by atoms with van der Waals surface area (Å²) in [4.78, 5) is 15.0. The molecule has 2 aliphatic heterocycles. The second kappa shape index (κ2) is 8.45. The zero-order chi connectivity index (χ0) is 18.9. The number of likely N-dealkylation sites (tertiary alicyclic amines) is 1. The molecule has 2 saturated heterocycles. The molecule has 1 amide bonds. The summed E-state index contributed by atoms with van der Waals surface area (Å²) in [6.45, 7) is 8.15. The van der Waals surface area contributed by atoms with Crippen molar-refractivity contribution in [1.82, 2.24) is 30.2 Å². The minimum atomic E-state index is 0. The maximum absolute atomic E-state index is 13.0. The molecule has 0 aromatic carbocycles. The van der Waals surface area contributed by atoms with Crippen molar-refractivity contribution in [2.45, 2.75) is 33.1 Å². The van der Waals surface area contributed by atoms with E-state index in [1.54, 1.807) is 23.0 Å². The second-order valence-corrected chi connectivity index (χ2v) is 7.44. The van der Waals surface area contributed by atoms with Crippen LogP contribution in [-0.4, -0.2) is 63.6 Å². The third-order valence-corrected chi connectivity index (χ3v) is 5.82. The average Bonchev–Trinajstić information content (AvgIpc) is 3.30. The summed E-state index contributed by atoms with van der Waals surface area (Å²) in [5.41, 5.74) is 1.81. The fourth-order valence-electron chi connectivity index (χ4n) is 4.08. The van der Waals surface area contributed by atoms with E-state index in [4.69, 9.17) is 4.74 Å². The van der Waals surface area contributed by atoms with Crippen molar-refractivity contribution in [3.8, 4) is 11.7 Å². The minimum Gasteiger partial charge on any atom is -0.477 e. The lowest BCUT2D eigenvalue weighted by molar-refractivity contribution is 0.0607. The van der Waals surface area contributed by atoms with Gasteiger partial charge in [-0.05, 0) is 51.1 Å². The van der Waals surface area contributed by atoms with Crippen LogP contribution in [0.2, 0.25) is 0 Å². The van der Waals surface area contributed by atoms with Crippen molar-refractivity contribution in [2.24, 2.45) is 5.41 Å². The predicted octanol–water partition coefficient (Wildman–Crippen LogP) is 2.01. The van der Waals surface area contributed by atoms with Gasteiger partial charge in [0.05, 0.1) is 24.1 Å². The topological polar surface area (TPSA) is 85.2 Å². The Hall–Kier alpha value is -2.19. The highest BCUT2D eigenvalue weighted by atomic mass is 35.5. The molecule has 2 fully saturated rings. The molecule has 2 aliphatic rings. The third kappa shape index (κ3) is 3.84. The first-order valence-electron chi connectivity index (χ1n) is 9.63. The molecule has 0 unspecified atom stereocenters. The van der Waals surface area contributed by atoms with Crippen LogP contribution in [0.4, 0.5) is 0 Å². The molecule has 1 N–H and O–H groups in total. The molecule has 0 atom stereocenters. The largest absolute Gasteiger partial charge is 0.477 e. The van der Waals surface area contributed by atoms with Gasteiger partial charge in [-0.1, -0.05) is 0 Å². The van der Waals surface area contributed by atoms with Crippen molar-refractivity contribution < 1.29 is 9.53 Å². The quantitative estimate of drug-likeness (QED) is 0.835. The lowest BCUT2D eigenvalue weighted by atomic mass is 9.78. The molecule has 1 spiro atoms. The Kier molecular flexibility index (Phi) is 6.20. The first-order valence-corrected chi connectivity index (χ1v) is 9.63. The Bertz CT molecular complexity index is 806. The minimum absolute atomic E-state index is 0. The van der Waals surface area contributed by atoms with Crippen LogP contribution in [0.3, 0.4) is 0 Å². The smallest absolute Gasteiger partial charge is 0.257 e. The van der Waals surface area contributed by atoms with Gasteiger partial charge in [-0.3, -0.25) is 4.79 Å². The fourth-order valence-corrected chi connectivity index (χ4v) is 4.08. The van der Waals surface area contributed by atoms with Crippen molar-refractivity contribution in [3.63, 3.8) is 0 Å². The van der Waals surface area contributed by atoms with E-state index >= 15 is 0 Å². The molecule has 9 heteroatoms. The molecule has 28 heavy (non-hydrogen) atoms. The van der Waals surface area contributed by atoms with E-state index < -0.39 is 0 Å². The van der Waals surface area contributed by atoms with Crippen LogP contribution in [0.25, 0.3) is 5.82 Å². The van der Waals surface area contributed by atoms with Crippen molar-refractivity contribution in [2.75, 3.05) is 32.8 Å². The van der Waals surface area contributed by atoms with E-state index in [-0.39, 0.29) is 18.3 Å². The Morgan fingerprint density at radius 2 is 2.04 bits per heavy atom. The number of hydrogen-bond donors (Lipinski definition) is 1. The SMILES string of the molecule is CCOc1ccc(-n2ncc(C(=O)N3CCC4(CCNC4)CC3)c2C)nn1.Cl. The normalized spacial score (nSPS) is 18.1. The first-order chi connectivity index (χ1) is 13.1. The van der Waals surface area contributed by atoms with Gasteiger partial charge in [0, 0.05) is 25.7 Å². The van der Waals surface area contributed by atoms with Crippen LogP contribution < -0.4 is 10.1 Å². The summed E-state index contributed by atoms with van der Waals surface area (Å²) >= 11 is 0. The third-order valence-electron chi connectivity index (χ3n) is 5.82. The number of nitrogens with one attached hydrogen (secondary N) is 1. The van der Waals surface area contributed by atoms with Crippen LogP contribution in [0, 0.1) is 12.3 Å². The van der Waals surface area contributed by atoms with Crippen LogP contribution in [0.15, 0.2) is 18.3 Å². The first kappa shape index (κ1) is 20.5. The number of ether oxygens (including phenoxy) is 1. The van der Waals surface area contributed by atoms with Gasteiger partial charge < -0.3 is 15.0 Å². The van der Waals surface area contributed by atoms with Crippen LogP contribution in [0.5, 0.6) is 5.88 Å². The zero-order valence-electron chi connectivity index (χ0n) is 16.3. The van der Waals surface area contributed by atoms with E-state index in [1.165, 1.54) is 6.42 Å². The van der Waals surface area contributed by atoms with Crippen LogP contribution in [0.1, 0.15) is 42.2 Å². The number of piperidine rings is 1. The second-order valence-electron chi connectivity index (χ2n) is 7.44. The molecule has 152 valence electrons. The summed E-state index contributed by atoms with van der Waals surface area (Å²) in [7, 11) is 0. The van der Waals surface area contributed by atoms with Gasteiger partial charge in [-0.25, -0.2) is 4.68 Å². The molecule has 0 saturated carbocycles. The number of hydrogen-bond acceptors (Lipinski definition) is 6. The van der Waals surface area contributed by atoms with E-state index in [0.717, 1.165) is 44.7 Å². The van der Waals surface area contributed by atoms with Crippen molar-refractivity contribution >= 4 is 18.3 Å². The highest BCUT2D eigenvalue weighted by Gasteiger charge is 2.38. The number of carbonyl (C=O) groups is 1. The molecule has 4 heterocycles. The summed E-state index contributed by atoms with van der Waals surface area (Å²) < 4.78 is 6.98. The average molecular weight is 407 g/mol. The van der Waals surface area contributed by atoms with E-state index in [2.05, 4.69) is 20.6 Å². The Labute approximate surface area is 171 Å². The Morgan fingerprint density at radius 3 is 2.64 bits per heavy atom. The maximum Gasteiger partial charge on any atom is 0.257 e. The van der Waals surface area contributed by atoms with Gasteiger partial charge in [-0.15, -0.1) is 22.6 Å². The number of rotatable bonds is 4. The summed E-state index contributed by atoms with van der Waals surface area (Å²) in [6.07, 6.45) is 5.01. The van der Waals surface area contributed by atoms with Crippen molar-refractivity contribution in [3.05, 3.63) is 29.6 Å². The van der Waals surface area contributed by atoms with Gasteiger partial charge >= 0.3 is 0 Å². The van der Waals surface area contributed by atoms with Gasteiger partial charge in [0.25, 0.3) is 5.91 Å². The highest BCUT2D eigenvalue weighted by Crippen LogP contribution is 2.37. The molecule has 0 radical (unpaired) electrons. The van der Waals surface area contributed by atoms with Gasteiger partial charge in [-0.2, -0.15) is 5.10 Å². The van der Waals surface area contributed by atoms with Gasteiger partial charge in [0.15, 0.2) is 5.82 Å². The maximum atomic E-state index is 13.0. The zero-order valence-corrected chi connectivity index (χ0v) is 17.2. The van der Waals surface area contributed by atoms with Crippen molar-refractivity contribution in [1.29, 1.82) is 0 Å². The molecule has 8 nitrogen and oxygen atoms in total. The summed E-state index contributed by atoms with van der Waals surface area (Å²) in [5, 5.41) is 16.0. The number of aromatic nitrogens is 4. The van der Waals surface area contributed by atoms with Gasteiger partial charge in [0.2, 0.25) is 5.88 Å². The van der Waals surface area contributed by atoms with E-state index in [9.17, 15) is 4.79 Å². The molecule has 0 bridgehead atoms. The number of amides is 1. The monoisotopic (exact) mass is 406 g/mol. The summed E-state index contributed by atoms with van der Waals surface area (Å²) in [6, 6.07) is 3.55. The lowest BCUT2D eigenvalue weighted by Crippen LogP contribution is -2.44. The number of nitrogens with zero attached hydrogens (tertiary/aromatic N) is 5. The molecule has 0 aliphatic carbocycles. The lowest BCUT2D eigenvalue weighted by Gasteiger charge is -2.38. The van der Waals surface area contributed by atoms with Crippen LogP contribution >= 0.6 is 12.4 Å². The molecule has 2 aromatic heterocycles. The summed E-state index contributed by atoms with van der Waals surface area (Å²) in [5.74, 6) is 1.11. The Balaban J connectivity index is 0.00000225.